The van der Waals surface area contributed by atoms with E-state index in [1.54, 1.807) is 0 Å². The minimum Gasteiger partial charge on any atom is -0.397 e. The molecule has 1 aliphatic heterocycles. The summed E-state index contributed by atoms with van der Waals surface area (Å²) < 4.78 is 1.94. The van der Waals surface area contributed by atoms with E-state index in [-0.39, 0.29) is 0 Å². The zero-order valence-electron chi connectivity index (χ0n) is 16.0. The van der Waals surface area contributed by atoms with Crippen LogP contribution >= 0.6 is 0 Å². The number of hydrogen-bond donors (Lipinski definition) is 1. The van der Waals surface area contributed by atoms with Gasteiger partial charge in [-0.15, -0.1) is 0 Å². The minimum atomic E-state index is 0.694. The molecule has 0 radical (unpaired) electrons. The fourth-order valence-corrected chi connectivity index (χ4v) is 4.09. The van der Waals surface area contributed by atoms with Gasteiger partial charge in [-0.25, -0.2) is 4.68 Å². The van der Waals surface area contributed by atoms with Crippen molar-refractivity contribution in [3.05, 3.63) is 77.6 Å². The predicted octanol–water partition coefficient (Wildman–Crippen LogP) is 4.40. The Hall–Kier alpha value is -2.59. The molecule has 27 heavy (non-hydrogen) atoms. The molecule has 140 valence electrons. The highest BCUT2D eigenvalue weighted by molar-refractivity contribution is 5.57. The number of nitrogens with two attached hydrogens (primary N) is 1. The quantitative estimate of drug-likeness (QED) is 0.686. The van der Waals surface area contributed by atoms with Crippen molar-refractivity contribution in [1.29, 1.82) is 0 Å². The second kappa shape index (κ2) is 7.97. The summed E-state index contributed by atoms with van der Waals surface area (Å²) in [5, 5.41) is 4.80. The van der Waals surface area contributed by atoms with Crippen LogP contribution in [0.25, 0.3) is 5.69 Å². The van der Waals surface area contributed by atoms with Crippen LogP contribution in [0, 0.1) is 0 Å². The summed E-state index contributed by atoms with van der Waals surface area (Å²) in [7, 11) is 0. The first-order valence-electron chi connectivity index (χ1n) is 9.94. The number of anilines is 1. The summed E-state index contributed by atoms with van der Waals surface area (Å²) >= 11 is 0. The van der Waals surface area contributed by atoms with Crippen molar-refractivity contribution in [2.24, 2.45) is 0 Å². The van der Waals surface area contributed by atoms with Crippen LogP contribution < -0.4 is 5.73 Å². The van der Waals surface area contributed by atoms with E-state index in [0.717, 1.165) is 37.4 Å². The van der Waals surface area contributed by atoms with Crippen LogP contribution in [0.1, 0.15) is 42.5 Å². The first kappa shape index (κ1) is 17.8. The van der Waals surface area contributed by atoms with E-state index in [1.807, 2.05) is 28.9 Å². The Morgan fingerprint density at radius 1 is 1.00 bits per heavy atom. The van der Waals surface area contributed by atoms with Crippen LogP contribution in [0.5, 0.6) is 0 Å². The second-order valence-corrected chi connectivity index (χ2v) is 7.42. The minimum absolute atomic E-state index is 0.694. The smallest absolute Gasteiger partial charge is 0.0874 e. The highest BCUT2D eigenvalue weighted by Crippen LogP contribution is 2.29. The van der Waals surface area contributed by atoms with E-state index in [9.17, 15) is 0 Å². The molecule has 0 saturated carbocycles. The summed E-state index contributed by atoms with van der Waals surface area (Å²) in [6.45, 7) is 5.42. The van der Waals surface area contributed by atoms with Gasteiger partial charge < -0.3 is 5.73 Å². The molecule has 0 atom stereocenters. The number of nitrogen functional groups attached to an aromatic ring is 1. The predicted molar refractivity (Wildman–Crippen MR) is 111 cm³/mol. The molecule has 4 nitrogen and oxygen atoms in total. The molecule has 1 fully saturated rings. The van der Waals surface area contributed by atoms with E-state index in [1.165, 1.54) is 29.7 Å². The van der Waals surface area contributed by atoms with Crippen molar-refractivity contribution < 1.29 is 0 Å². The molecule has 2 heterocycles. The Morgan fingerprint density at radius 3 is 2.41 bits per heavy atom. The molecule has 1 saturated heterocycles. The molecular formula is C23H28N4. The Balaban J connectivity index is 1.45. The summed E-state index contributed by atoms with van der Waals surface area (Å²) in [5.74, 6) is 0.694. The fourth-order valence-electron chi connectivity index (χ4n) is 4.09. The van der Waals surface area contributed by atoms with Gasteiger partial charge in [0.05, 0.1) is 17.1 Å². The molecule has 0 aliphatic carbocycles. The van der Waals surface area contributed by atoms with Gasteiger partial charge in [0.15, 0.2) is 0 Å². The van der Waals surface area contributed by atoms with Gasteiger partial charge in [0, 0.05) is 18.3 Å². The maximum atomic E-state index is 6.14. The van der Waals surface area contributed by atoms with Gasteiger partial charge in [0.1, 0.15) is 0 Å². The number of rotatable bonds is 5. The van der Waals surface area contributed by atoms with E-state index < -0.39 is 0 Å². The third-order valence-corrected chi connectivity index (χ3v) is 5.65. The molecule has 2 aromatic carbocycles. The largest absolute Gasteiger partial charge is 0.397 e. The number of nitrogens with zero attached hydrogens (tertiary/aromatic N) is 3. The lowest BCUT2D eigenvalue weighted by Crippen LogP contribution is -2.32. The maximum absolute atomic E-state index is 6.14. The van der Waals surface area contributed by atoms with Crippen molar-refractivity contribution in [3.8, 4) is 5.69 Å². The molecule has 1 aliphatic rings. The van der Waals surface area contributed by atoms with Crippen LogP contribution in [0.15, 0.2) is 60.8 Å². The highest BCUT2D eigenvalue weighted by Gasteiger charge is 2.22. The fraction of sp³-hybridized carbons (Fsp3) is 0.348. The van der Waals surface area contributed by atoms with Crippen molar-refractivity contribution in [2.75, 3.05) is 18.8 Å². The van der Waals surface area contributed by atoms with Crippen molar-refractivity contribution >= 4 is 5.69 Å². The molecule has 0 amide bonds. The van der Waals surface area contributed by atoms with Gasteiger partial charge >= 0.3 is 0 Å². The van der Waals surface area contributed by atoms with Gasteiger partial charge in [0.25, 0.3) is 0 Å². The van der Waals surface area contributed by atoms with Crippen LogP contribution in [0.2, 0.25) is 0 Å². The standard InChI is InChI=1S/C23H28N4/c1-2-22-20(17-27(25-22)23-11-7-6-10-21(23)24)16-26-14-12-19(13-15-26)18-8-4-3-5-9-18/h3-11,17,19H,2,12-16,24H2,1H3. The summed E-state index contributed by atoms with van der Waals surface area (Å²) in [6.07, 6.45) is 5.56. The van der Waals surface area contributed by atoms with Crippen molar-refractivity contribution in [1.82, 2.24) is 14.7 Å². The molecule has 4 heteroatoms. The number of aryl methyl sites for hydroxylation is 1. The average molecular weight is 361 g/mol. The van der Waals surface area contributed by atoms with E-state index in [4.69, 9.17) is 10.8 Å². The summed E-state index contributed by atoms with van der Waals surface area (Å²) in [5.41, 5.74) is 11.8. The van der Waals surface area contributed by atoms with Crippen LogP contribution in [0.3, 0.4) is 0 Å². The Kier molecular flexibility index (Phi) is 5.26. The number of para-hydroxylation sites is 2. The normalized spacial score (nSPS) is 15.9. The van der Waals surface area contributed by atoms with Gasteiger partial charge in [-0.2, -0.15) is 5.10 Å². The first-order valence-corrected chi connectivity index (χ1v) is 9.94. The molecular weight excluding hydrogens is 332 g/mol. The van der Waals surface area contributed by atoms with E-state index in [2.05, 4.69) is 48.4 Å². The lowest BCUT2D eigenvalue weighted by molar-refractivity contribution is 0.204. The van der Waals surface area contributed by atoms with Gasteiger partial charge in [-0.3, -0.25) is 4.90 Å². The van der Waals surface area contributed by atoms with Crippen LogP contribution in [-0.4, -0.2) is 27.8 Å². The number of piperidine rings is 1. The molecule has 0 bridgehead atoms. The Bertz CT molecular complexity index is 876. The molecule has 4 rings (SSSR count). The van der Waals surface area contributed by atoms with Crippen molar-refractivity contribution in [2.45, 2.75) is 38.6 Å². The monoisotopic (exact) mass is 360 g/mol. The van der Waals surface area contributed by atoms with Gasteiger partial charge in [-0.05, 0) is 56.0 Å². The topological polar surface area (TPSA) is 47.1 Å². The van der Waals surface area contributed by atoms with Crippen LogP contribution in [0.4, 0.5) is 5.69 Å². The van der Waals surface area contributed by atoms with Gasteiger partial charge in [-0.1, -0.05) is 49.4 Å². The molecule has 2 N–H and O–H groups in total. The average Bonchev–Trinajstić information content (AvgIpc) is 3.12. The molecule has 0 unspecified atom stereocenters. The Labute approximate surface area is 161 Å². The SMILES string of the molecule is CCc1nn(-c2ccccc2N)cc1CN1CCC(c2ccccc2)CC1. The molecule has 0 spiro atoms. The van der Waals surface area contributed by atoms with Crippen LogP contribution in [-0.2, 0) is 13.0 Å². The zero-order chi connectivity index (χ0) is 18.6. The summed E-state index contributed by atoms with van der Waals surface area (Å²) in [6, 6.07) is 18.9. The first-order chi connectivity index (χ1) is 13.2. The number of likely N-dealkylation sites (tertiary alicyclic amines) is 1. The van der Waals surface area contributed by atoms with E-state index in [0.29, 0.717) is 5.92 Å². The van der Waals surface area contributed by atoms with Gasteiger partial charge in [0.2, 0.25) is 0 Å². The second-order valence-electron chi connectivity index (χ2n) is 7.42. The molecule has 3 aromatic rings. The molecule has 1 aromatic heterocycles. The summed E-state index contributed by atoms with van der Waals surface area (Å²) in [4.78, 5) is 2.56. The third-order valence-electron chi connectivity index (χ3n) is 5.65. The lowest BCUT2D eigenvalue weighted by Gasteiger charge is -2.32. The lowest BCUT2D eigenvalue weighted by atomic mass is 9.89. The zero-order valence-corrected chi connectivity index (χ0v) is 16.0. The Morgan fingerprint density at radius 2 is 1.70 bits per heavy atom. The van der Waals surface area contributed by atoms with E-state index >= 15 is 0 Å². The third kappa shape index (κ3) is 3.91. The maximum Gasteiger partial charge on any atom is 0.0874 e. The number of hydrogen-bond acceptors (Lipinski definition) is 3. The number of benzene rings is 2. The number of aromatic nitrogens is 2. The van der Waals surface area contributed by atoms with Crippen molar-refractivity contribution in [3.63, 3.8) is 0 Å². The highest BCUT2D eigenvalue weighted by atomic mass is 15.3.